The van der Waals surface area contributed by atoms with Crippen LogP contribution in [0.25, 0.3) is 11.0 Å². The summed E-state index contributed by atoms with van der Waals surface area (Å²) in [7, 11) is -3.72. The van der Waals surface area contributed by atoms with Gasteiger partial charge in [0.25, 0.3) is 0 Å². The van der Waals surface area contributed by atoms with Gasteiger partial charge in [-0.2, -0.15) is 17.5 Å². The average molecular weight is 445 g/mol. The second-order valence-electron chi connectivity index (χ2n) is 6.80. The van der Waals surface area contributed by atoms with Crippen molar-refractivity contribution < 1.29 is 21.6 Å². The fourth-order valence-electron chi connectivity index (χ4n) is 3.51. The van der Waals surface area contributed by atoms with Crippen molar-refractivity contribution in [1.29, 1.82) is 0 Å². The van der Waals surface area contributed by atoms with Gasteiger partial charge in [0.1, 0.15) is 10.4 Å². The fourth-order valence-corrected chi connectivity index (χ4v) is 5.47. The molecule has 11 heteroatoms. The van der Waals surface area contributed by atoms with E-state index in [1.165, 1.54) is 22.5 Å². The third-order valence-corrected chi connectivity index (χ3v) is 7.42. The molecule has 0 amide bonds. The van der Waals surface area contributed by atoms with Crippen molar-refractivity contribution in [3.05, 3.63) is 53.1 Å². The third-order valence-electron chi connectivity index (χ3n) is 5.02. The Hall–Kier alpha value is -2.17. The van der Waals surface area contributed by atoms with E-state index in [0.717, 1.165) is 12.1 Å². The minimum absolute atomic E-state index is 0.0611. The van der Waals surface area contributed by atoms with Gasteiger partial charge in [0.05, 0.1) is 22.1 Å². The predicted octanol–water partition coefficient (Wildman–Crippen LogP) is 4.13. The quantitative estimate of drug-likeness (QED) is 0.609. The number of nitrogens with zero attached hydrogens (tertiary/aromatic N) is 4. The molecule has 1 aromatic heterocycles. The van der Waals surface area contributed by atoms with Crippen molar-refractivity contribution in [3.8, 4) is 0 Å². The Bertz CT molecular complexity index is 1160. The molecule has 2 aromatic carbocycles. The molecule has 6 nitrogen and oxygen atoms in total. The minimum atomic E-state index is -4.45. The summed E-state index contributed by atoms with van der Waals surface area (Å²) in [6, 6.07) is 9.43. The minimum Gasteiger partial charge on any atom is -0.242 e. The van der Waals surface area contributed by atoms with Gasteiger partial charge in [-0.15, -0.1) is 5.10 Å². The Labute approximate surface area is 169 Å². The molecule has 0 atom stereocenters. The smallest absolute Gasteiger partial charge is 0.242 e. The molecular formula is C18H16ClF3N4O2S. The molecule has 4 rings (SSSR count). The first-order valence-corrected chi connectivity index (χ1v) is 10.7. The van der Waals surface area contributed by atoms with Crippen LogP contribution in [0.3, 0.4) is 0 Å². The second-order valence-corrected chi connectivity index (χ2v) is 9.11. The van der Waals surface area contributed by atoms with E-state index in [1.807, 2.05) is 0 Å². The van der Waals surface area contributed by atoms with Gasteiger partial charge in [-0.05, 0) is 43.2 Å². The molecule has 29 heavy (non-hydrogen) atoms. The lowest BCUT2D eigenvalue weighted by Crippen LogP contribution is -2.39. The molecule has 154 valence electrons. The van der Waals surface area contributed by atoms with Gasteiger partial charge in [0, 0.05) is 13.1 Å². The number of piperidine rings is 1. The summed E-state index contributed by atoms with van der Waals surface area (Å²) in [4.78, 5) is 0.0611. The standard InChI is InChI=1S/C18H16ClF3N4O2S/c19-14-3-1-2-4-17(14)29(27,28)25-9-7-13(8-10-25)26-16-6-5-12(18(20,21)22)11-15(16)23-24-26/h1-6,11,13H,7-10H2. The second kappa shape index (κ2) is 7.26. The van der Waals surface area contributed by atoms with Crippen LogP contribution in [0.1, 0.15) is 24.4 Å². The summed E-state index contributed by atoms with van der Waals surface area (Å²) in [6.07, 6.45) is -3.53. The first-order valence-electron chi connectivity index (χ1n) is 8.85. The summed E-state index contributed by atoms with van der Waals surface area (Å²) in [6.45, 7) is 0.500. The summed E-state index contributed by atoms with van der Waals surface area (Å²) >= 11 is 6.04. The van der Waals surface area contributed by atoms with Gasteiger partial charge in [0.2, 0.25) is 10.0 Å². The van der Waals surface area contributed by atoms with Crippen molar-refractivity contribution in [2.24, 2.45) is 0 Å². The van der Waals surface area contributed by atoms with Gasteiger partial charge in [-0.1, -0.05) is 28.9 Å². The molecule has 0 saturated carbocycles. The van der Waals surface area contributed by atoms with E-state index in [4.69, 9.17) is 11.6 Å². The number of hydrogen-bond donors (Lipinski definition) is 0. The maximum Gasteiger partial charge on any atom is 0.416 e. The number of sulfonamides is 1. The van der Waals surface area contributed by atoms with Crippen molar-refractivity contribution in [3.63, 3.8) is 0 Å². The topological polar surface area (TPSA) is 68.1 Å². The predicted molar refractivity (Wildman–Crippen MR) is 101 cm³/mol. The molecule has 0 radical (unpaired) electrons. The lowest BCUT2D eigenvalue weighted by Gasteiger charge is -2.31. The van der Waals surface area contributed by atoms with Gasteiger partial charge in [-0.25, -0.2) is 13.1 Å². The first kappa shape index (κ1) is 20.1. The molecule has 0 spiro atoms. The Balaban J connectivity index is 1.54. The highest BCUT2D eigenvalue weighted by Crippen LogP contribution is 2.33. The molecule has 0 aliphatic carbocycles. The van der Waals surface area contributed by atoms with Crippen molar-refractivity contribution in [1.82, 2.24) is 19.3 Å². The van der Waals surface area contributed by atoms with Crippen LogP contribution in [0, 0.1) is 0 Å². The van der Waals surface area contributed by atoms with Crippen molar-refractivity contribution in [2.45, 2.75) is 30.0 Å². The first-order chi connectivity index (χ1) is 13.7. The monoisotopic (exact) mass is 444 g/mol. The number of aromatic nitrogens is 3. The maximum atomic E-state index is 12.9. The van der Waals surface area contributed by atoms with Crippen LogP contribution < -0.4 is 0 Å². The lowest BCUT2D eigenvalue weighted by atomic mass is 10.1. The molecule has 1 fully saturated rings. The van der Waals surface area contributed by atoms with E-state index < -0.39 is 21.8 Å². The number of hydrogen-bond acceptors (Lipinski definition) is 4. The number of rotatable bonds is 3. The fraction of sp³-hybridized carbons (Fsp3) is 0.333. The summed E-state index contributed by atoms with van der Waals surface area (Å²) in [5.41, 5.74) is -0.131. The van der Waals surface area contributed by atoms with E-state index in [9.17, 15) is 21.6 Å². The van der Waals surface area contributed by atoms with Gasteiger partial charge in [0.15, 0.2) is 0 Å². The van der Waals surface area contributed by atoms with E-state index in [-0.39, 0.29) is 34.6 Å². The van der Waals surface area contributed by atoms with E-state index in [2.05, 4.69) is 10.3 Å². The van der Waals surface area contributed by atoms with E-state index >= 15 is 0 Å². The Morgan fingerprint density at radius 3 is 2.41 bits per heavy atom. The highest BCUT2D eigenvalue weighted by molar-refractivity contribution is 7.89. The molecule has 1 aliphatic heterocycles. The average Bonchev–Trinajstić information content (AvgIpc) is 3.11. The van der Waals surface area contributed by atoms with E-state index in [1.54, 1.807) is 16.8 Å². The molecular weight excluding hydrogens is 429 g/mol. The van der Waals surface area contributed by atoms with Crippen LogP contribution in [0.2, 0.25) is 5.02 Å². The largest absolute Gasteiger partial charge is 0.416 e. The van der Waals surface area contributed by atoms with Crippen LogP contribution in [0.5, 0.6) is 0 Å². The summed E-state index contributed by atoms with van der Waals surface area (Å²) < 4.78 is 67.3. The van der Waals surface area contributed by atoms with Crippen LogP contribution in [-0.2, 0) is 16.2 Å². The van der Waals surface area contributed by atoms with E-state index in [0.29, 0.717) is 18.4 Å². The highest BCUT2D eigenvalue weighted by Gasteiger charge is 2.33. The third kappa shape index (κ3) is 3.72. The van der Waals surface area contributed by atoms with Crippen LogP contribution in [0.15, 0.2) is 47.4 Å². The Morgan fingerprint density at radius 1 is 1.07 bits per heavy atom. The zero-order valence-electron chi connectivity index (χ0n) is 15.0. The zero-order valence-corrected chi connectivity index (χ0v) is 16.5. The van der Waals surface area contributed by atoms with Gasteiger partial charge >= 0.3 is 6.18 Å². The number of benzene rings is 2. The lowest BCUT2D eigenvalue weighted by molar-refractivity contribution is -0.137. The van der Waals surface area contributed by atoms with Crippen LogP contribution >= 0.6 is 11.6 Å². The SMILES string of the molecule is O=S(=O)(c1ccccc1Cl)N1CCC(n2nnc3cc(C(F)(F)F)ccc32)CC1. The molecule has 0 N–H and O–H groups in total. The van der Waals surface area contributed by atoms with Gasteiger partial charge < -0.3 is 0 Å². The van der Waals surface area contributed by atoms with Crippen LogP contribution in [0.4, 0.5) is 13.2 Å². The number of alkyl halides is 3. The summed E-state index contributed by atoms with van der Waals surface area (Å²) in [5, 5.41) is 8.03. The molecule has 1 aliphatic rings. The maximum absolute atomic E-state index is 12.9. The van der Waals surface area contributed by atoms with Crippen molar-refractivity contribution in [2.75, 3.05) is 13.1 Å². The molecule has 0 unspecified atom stereocenters. The number of halogens is 4. The zero-order chi connectivity index (χ0) is 20.8. The molecule has 0 bridgehead atoms. The highest BCUT2D eigenvalue weighted by atomic mass is 35.5. The van der Waals surface area contributed by atoms with Crippen molar-refractivity contribution >= 4 is 32.7 Å². The molecule has 2 heterocycles. The summed E-state index contributed by atoms with van der Waals surface area (Å²) in [5.74, 6) is 0. The Kier molecular flexibility index (Phi) is 5.04. The molecule has 1 saturated heterocycles. The van der Waals surface area contributed by atoms with Gasteiger partial charge in [-0.3, -0.25) is 0 Å². The number of fused-ring (bicyclic) bond motifs is 1. The normalized spacial score (nSPS) is 17.1. The molecule has 3 aromatic rings. The Morgan fingerprint density at radius 2 is 1.76 bits per heavy atom. The van der Waals surface area contributed by atoms with Crippen LogP contribution in [-0.4, -0.2) is 40.8 Å².